The van der Waals surface area contributed by atoms with E-state index in [1.165, 1.54) is 24.4 Å². The number of hydrogen-bond donors (Lipinski definition) is 1. The zero-order chi connectivity index (χ0) is 19.9. The Morgan fingerprint density at radius 1 is 1.14 bits per heavy atom. The molecule has 0 aliphatic carbocycles. The molecule has 0 saturated heterocycles. The monoisotopic (exact) mass is 410 g/mol. The van der Waals surface area contributed by atoms with E-state index in [-0.39, 0.29) is 27.1 Å². The van der Waals surface area contributed by atoms with Gasteiger partial charge >= 0.3 is 0 Å². The second-order valence-electron chi connectivity index (χ2n) is 5.87. The van der Waals surface area contributed by atoms with E-state index in [1.54, 1.807) is 30.3 Å². The van der Waals surface area contributed by atoms with E-state index in [2.05, 4.69) is 9.97 Å². The molecule has 2 heterocycles. The van der Waals surface area contributed by atoms with Crippen LogP contribution in [0.4, 0.5) is 0 Å². The number of fused-ring (bicyclic) bond motifs is 1. The van der Waals surface area contributed by atoms with Gasteiger partial charge in [0.15, 0.2) is 5.75 Å². The molecule has 4 rings (SSSR count). The second kappa shape index (κ2) is 6.64. The normalized spacial score (nSPS) is 11.4. The van der Waals surface area contributed by atoms with E-state index >= 15 is 0 Å². The highest BCUT2D eigenvalue weighted by molar-refractivity contribution is 7.90. The average molecular weight is 411 g/mol. The predicted octanol–water partition coefficient (Wildman–Crippen LogP) is 3.57. The van der Waals surface area contributed by atoms with Gasteiger partial charge in [0.05, 0.1) is 28.2 Å². The van der Waals surface area contributed by atoms with E-state index in [0.717, 1.165) is 10.2 Å². The Morgan fingerprint density at radius 3 is 2.61 bits per heavy atom. The lowest BCUT2D eigenvalue weighted by Crippen LogP contribution is -2.11. The Balaban J connectivity index is 2.08. The van der Waals surface area contributed by atoms with Crippen LogP contribution in [0, 0.1) is 11.3 Å². The van der Waals surface area contributed by atoms with E-state index in [0.29, 0.717) is 16.5 Å². The zero-order valence-electron chi connectivity index (χ0n) is 14.1. The van der Waals surface area contributed by atoms with E-state index < -0.39 is 10.0 Å². The number of aromatic hydroxyl groups is 1. The molecular formula is C19H11ClN4O3S. The summed E-state index contributed by atoms with van der Waals surface area (Å²) in [5.74, 6) is -0.245. The number of aromatic nitrogens is 3. The van der Waals surface area contributed by atoms with Gasteiger partial charge in [-0.25, -0.2) is 22.4 Å². The Hall–Kier alpha value is -3.41. The molecule has 0 saturated carbocycles. The van der Waals surface area contributed by atoms with Crippen LogP contribution in [0.1, 0.15) is 5.56 Å². The molecule has 0 atom stereocenters. The number of halogens is 1. The summed E-state index contributed by atoms with van der Waals surface area (Å²) < 4.78 is 27.5. The van der Waals surface area contributed by atoms with Crippen molar-refractivity contribution in [1.29, 1.82) is 5.26 Å². The molecule has 0 bridgehead atoms. The van der Waals surface area contributed by atoms with Gasteiger partial charge < -0.3 is 5.11 Å². The molecule has 1 N–H and O–H groups in total. The Morgan fingerprint density at radius 2 is 1.89 bits per heavy atom. The molecule has 2 aromatic heterocycles. The van der Waals surface area contributed by atoms with Crippen LogP contribution >= 0.6 is 11.6 Å². The summed E-state index contributed by atoms with van der Waals surface area (Å²) in [5, 5.41) is 19.8. The lowest BCUT2D eigenvalue weighted by atomic mass is 10.1. The third-order valence-corrected chi connectivity index (χ3v) is 6.07. The summed E-state index contributed by atoms with van der Waals surface area (Å²) in [4.78, 5) is 7.84. The molecule has 0 aliphatic heterocycles. The maximum absolute atomic E-state index is 13.2. The molecular weight excluding hydrogens is 400 g/mol. The van der Waals surface area contributed by atoms with Gasteiger partial charge in [0.25, 0.3) is 10.0 Å². The smallest absolute Gasteiger partial charge is 0.268 e. The molecule has 138 valence electrons. The molecule has 0 unspecified atom stereocenters. The van der Waals surface area contributed by atoms with Crippen LogP contribution in [0.15, 0.2) is 65.8 Å². The Labute approximate surface area is 165 Å². The first-order chi connectivity index (χ1) is 13.4. The highest BCUT2D eigenvalue weighted by Gasteiger charge is 2.23. The second-order valence-corrected chi connectivity index (χ2v) is 8.03. The minimum atomic E-state index is -3.95. The SMILES string of the molecule is N#Cc1ccc2c(-c3nc(Cl)ncc3O)cn(S(=O)(=O)c3ccccc3)c2c1. The highest BCUT2D eigenvalue weighted by Crippen LogP contribution is 2.36. The van der Waals surface area contributed by atoms with Crippen molar-refractivity contribution < 1.29 is 13.5 Å². The van der Waals surface area contributed by atoms with E-state index in [4.69, 9.17) is 11.6 Å². The number of benzene rings is 2. The fourth-order valence-electron chi connectivity index (χ4n) is 2.91. The zero-order valence-corrected chi connectivity index (χ0v) is 15.7. The molecule has 4 aromatic rings. The van der Waals surface area contributed by atoms with Crippen LogP contribution in [0.25, 0.3) is 22.2 Å². The van der Waals surface area contributed by atoms with Crippen molar-refractivity contribution >= 4 is 32.5 Å². The lowest BCUT2D eigenvalue weighted by molar-refractivity contribution is 0.472. The van der Waals surface area contributed by atoms with Crippen LogP contribution in [-0.2, 0) is 10.0 Å². The molecule has 2 aromatic carbocycles. The van der Waals surface area contributed by atoms with Crippen molar-refractivity contribution in [3.63, 3.8) is 0 Å². The molecule has 0 amide bonds. The third-order valence-electron chi connectivity index (χ3n) is 4.20. The molecule has 7 nitrogen and oxygen atoms in total. The van der Waals surface area contributed by atoms with Crippen molar-refractivity contribution in [2.24, 2.45) is 0 Å². The maximum atomic E-state index is 13.2. The van der Waals surface area contributed by atoms with Gasteiger partial charge in [0.1, 0.15) is 5.69 Å². The van der Waals surface area contributed by atoms with Gasteiger partial charge in [-0.3, -0.25) is 0 Å². The Kier molecular flexibility index (Phi) is 4.26. The summed E-state index contributed by atoms with van der Waals surface area (Å²) in [7, 11) is -3.95. The number of hydrogen-bond acceptors (Lipinski definition) is 6. The first-order valence-electron chi connectivity index (χ1n) is 7.99. The summed E-state index contributed by atoms with van der Waals surface area (Å²) in [5.41, 5.74) is 1.02. The van der Waals surface area contributed by atoms with Gasteiger partial charge in [-0.2, -0.15) is 5.26 Å². The summed E-state index contributed by atoms with van der Waals surface area (Å²) >= 11 is 5.86. The molecule has 0 aliphatic rings. The fourth-order valence-corrected chi connectivity index (χ4v) is 4.43. The van der Waals surface area contributed by atoms with Crippen molar-refractivity contribution in [2.45, 2.75) is 4.90 Å². The summed E-state index contributed by atoms with van der Waals surface area (Å²) in [6.07, 6.45) is 2.50. The van der Waals surface area contributed by atoms with Gasteiger partial charge in [0, 0.05) is 17.1 Å². The van der Waals surface area contributed by atoms with Crippen molar-refractivity contribution in [3.8, 4) is 23.1 Å². The molecule has 0 radical (unpaired) electrons. The first kappa shape index (κ1) is 18.0. The third kappa shape index (κ3) is 2.87. The predicted molar refractivity (Wildman–Crippen MR) is 103 cm³/mol. The van der Waals surface area contributed by atoms with Crippen molar-refractivity contribution in [1.82, 2.24) is 13.9 Å². The quantitative estimate of drug-likeness (QED) is 0.517. The number of nitrogens with zero attached hydrogens (tertiary/aromatic N) is 4. The van der Waals surface area contributed by atoms with Crippen LogP contribution in [0.2, 0.25) is 5.28 Å². The van der Waals surface area contributed by atoms with Crippen LogP contribution in [-0.4, -0.2) is 27.5 Å². The highest BCUT2D eigenvalue weighted by atomic mass is 35.5. The van der Waals surface area contributed by atoms with Crippen LogP contribution in [0.3, 0.4) is 0 Å². The average Bonchev–Trinajstić information content (AvgIpc) is 3.09. The van der Waals surface area contributed by atoms with Gasteiger partial charge in [-0.1, -0.05) is 24.3 Å². The van der Waals surface area contributed by atoms with Crippen molar-refractivity contribution in [3.05, 3.63) is 71.8 Å². The first-order valence-corrected chi connectivity index (χ1v) is 9.81. The minimum Gasteiger partial charge on any atom is -0.504 e. The molecule has 28 heavy (non-hydrogen) atoms. The van der Waals surface area contributed by atoms with Gasteiger partial charge in [-0.15, -0.1) is 0 Å². The molecule has 9 heteroatoms. The number of nitriles is 1. The summed E-state index contributed by atoms with van der Waals surface area (Å²) in [6.45, 7) is 0. The minimum absolute atomic E-state index is 0.0887. The molecule has 0 spiro atoms. The topological polar surface area (TPSA) is 109 Å². The van der Waals surface area contributed by atoms with Crippen LogP contribution < -0.4 is 0 Å². The number of rotatable bonds is 3. The largest absolute Gasteiger partial charge is 0.504 e. The molecule has 0 fully saturated rings. The lowest BCUT2D eigenvalue weighted by Gasteiger charge is -2.07. The summed E-state index contributed by atoms with van der Waals surface area (Å²) in [6, 6.07) is 14.6. The van der Waals surface area contributed by atoms with Crippen molar-refractivity contribution in [2.75, 3.05) is 0 Å². The van der Waals surface area contributed by atoms with Gasteiger partial charge in [0.2, 0.25) is 5.28 Å². The fraction of sp³-hybridized carbons (Fsp3) is 0. The van der Waals surface area contributed by atoms with E-state index in [1.807, 2.05) is 6.07 Å². The maximum Gasteiger partial charge on any atom is 0.268 e. The standard InChI is InChI=1S/C19H11ClN4O3S/c20-19-22-10-17(25)18(23-19)15-11-24(16-8-12(9-21)6-7-14(15)16)28(26,27)13-4-2-1-3-5-13/h1-8,10-11,25H. The Bertz CT molecular complexity index is 1360. The van der Waals surface area contributed by atoms with Crippen LogP contribution in [0.5, 0.6) is 5.75 Å². The van der Waals surface area contributed by atoms with E-state index in [9.17, 15) is 18.8 Å². The van der Waals surface area contributed by atoms with Gasteiger partial charge in [-0.05, 0) is 35.9 Å².